The number of hydrogen-bond acceptors (Lipinski definition) is 8. The van der Waals surface area contributed by atoms with E-state index in [1.165, 1.54) is 6.20 Å². The Morgan fingerprint density at radius 2 is 1.97 bits per heavy atom. The molecule has 1 aliphatic carbocycles. The van der Waals surface area contributed by atoms with Crippen LogP contribution in [0.1, 0.15) is 48.7 Å². The van der Waals surface area contributed by atoms with Crippen molar-refractivity contribution >= 4 is 11.7 Å². The molecule has 13 heteroatoms. The molecule has 10 nitrogen and oxygen atoms in total. The summed E-state index contributed by atoms with van der Waals surface area (Å²) in [7, 11) is 0. The number of aromatic nitrogens is 3. The Morgan fingerprint density at radius 3 is 2.61 bits per heavy atom. The normalized spacial score (nSPS) is 23.7. The summed E-state index contributed by atoms with van der Waals surface area (Å²) in [6, 6.07) is 5.07. The third kappa shape index (κ3) is 4.98. The van der Waals surface area contributed by atoms with Crippen molar-refractivity contribution in [2.24, 2.45) is 0 Å². The first-order chi connectivity index (χ1) is 18.0. The number of nitrogens with one attached hydrogen (secondary N) is 1. The van der Waals surface area contributed by atoms with Gasteiger partial charge in [0, 0.05) is 45.5 Å². The van der Waals surface area contributed by atoms with Crippen molar-refractivity contribution in [3.05, 3.63) is 51.1 Å². The maximum absolute atomic E-state index is 13.6. The topological polar surface area (TPSA) is 118 Å². The van der Waals surface area contributed by atoms with Crippen molar-refractivity contribution in [2.45, 2.75) is 50.6 Å². The summed E-state index contributed by atoms with van der Waals surface area (Å²) in [6.45, 7) is 6.38. The van der Waals surface area contributed by atoms with Gasteiger partial charge in [-0.1, -0.05) is 0 Å². The van der Waals surface area contributed by atoms with Crippen LogP contribution in [-0.4, -0.2) is 81.9 Å². The summed E-state index contributed by atoms with van der Waals surface area (Å²) >= 11 is 0. The lowest BCUT2D eigenvalue weighted by molar-refractivity contribution is -0.176. The number of alkyl halides is 3. The Balaban J connectivity index is 1.29. The molecule has 0 saturated carbocycles. The number of ether oxygens (including phenoxy) is 1. The molecule has 202 valence electrons. The van der Waals surface area contributed by atoms with Gasteiger partial charge in [0.15, 0.2) is 0 Å². The largest absolute Gasteiger partial charge is 0.422 e. The van der Waals surface area contributed by atoms with Gasteiger partial charge in [-0.2, -0.15) is 23.5 Å². The zero-order valence-electron chi connectivity index (χ0n) is 21.1. The van der Waals surface area contributed by atoms with E-state index in [1.807, 2.05) is 34.8 Å². The highest BCUT2D eigenvalue weighted by atomic mass is 19.4. The first kappa shape index (κ1) is 26.1. The lowest BCUT2D eigenvalue weighted by Crippen LogP contribution is -2.60. The number of fused-ring (bicyclic) bond motifs is 1. The van der Waals surface area contributed by atoms with E-state index in [1.54, 1.807) is 17.0 Å². The van der Waals surface area contributed by atoms with Gasteiger partial charge >= 0.3 is 6.18 Å². The Kier molecular flexibility index (Phi) is 6.65. The van der Waals surface area contributed by atoms with Crippen molar-refractivity contribution in [1.82, 2.24) is 25.0 Å². The number of carbonyl (C=O) groups is 1. The van der Waals surface area contributed by atoms with Gasteiger partial charge in [0.1, 0.15) is 23.6 Å². The van der Waals surface area contributed by atoms with Crippen LogP contribution in [0.3, 0.4) is 0 Å². The fourth-order valence-electron chi connectivity index (χ4n) is 5.69. The second kappa shape index (κ2) is 9.67. The number of anilines is 1. The fraction of sp³-hybridized carbons (Fsp3) is 0.560. The van der Waals surface area contributed by atoms with Crippen LogP contribution in [0.25, 0.3) is 0 Å². The van der Waals surface area contributed by atoms with Crippen molar-refractivity contribution in [3.8, 4) is 6.07 Å². The van der Waals surface area contributed by atoms with E-state index in [0.717, 1.165) is 5.82 Å². The van der Waals surface area contributed by atoms with E-state index in [0.29, 0.717) is 44.7 Å². The molecule has 38 heavy (non-hydrogen) atoms. The maximum Gasteiger partial charge on any atom is 0.422 e. The quantitative estimate of drug-likeness (QED) is 0.638. The molecule has 1 N–H and O–H groups in total. The Morgan fingerprint density at radius 1 is 1.24 bits per heavy atom. The molecule has 2 saturated heterocycles. The highest BCUT2D eigenvalue weighted by Crippen LogP contribution is 2.41. The number of carbonyl (C=O) groups excluding carboxylic acids is 1. The third-order valence-electron chi connectivity index (χ3n) is 7.34. The lowest BCUT2D eigenvalue weighted by atomic mass is 10.0. The van der Waals surface area contributed by atoms with Crippen LogP contribution >= 0.6 is 0 Å². The number of hydrogen-bond donors (Lipinski definition) is 1. The molecule has 2 aromatic heterocycles. The van der Waals surface area contributed by atoms with E-state index in [9.17, 15) is 22.8 Å². The van der Waals surface area contributed by atoms with E-state index in [2.05, 4.69) is 10.1 Å². The van der Waals surface area contributed by atoms with Gasteiger partial charge in [0.2, 0.25) is 0 Å². The van der Waals surface area contributed by atoms with Crippen LogP contribution in [0.5, 0.6) is 0 Å². The minimum atomic E-state index is -4.77. The predicted molar refractivity (Wildman–Crippen MR) is 129 cm³/mol. The maximum atomic E-state index is 13.6. The van der Waals surface area contributed by atoms with Crippen molar-refractivity contribution in [1.29, 1.82) is 5.26 Å². The molecule has 0 aromatic carbocycles. The summed E-state index contributed by atoms with van der Waals surface area (Å²) < 4.78 is 46.9. The molecule has 2 aromatic rings. The fourth-order valence-corrected chi connectivity index (χ4v) is 5.69. The second-order valence-electron chi connectivity index (χ2n) is 10.5. The highest BCUT2D eigenvalue weighted by Gasteiger charge is 2.46. The van der Waals surface area contributed by atoms with Crippen LogP contribution in [0.2, 0.25) is 0 Å². The van der Waals surface area contributed by atoms with E-state index in [4.69, 9.17) is 10.00 Å². The van der Waals surface area contributed by atoms with Gasteiger partial charge in [-0.15, -0.1) is 0 Å². The first-order valence-corrected chi connectivity index (χ1v) is 12.5. The predicted octanol–water partition coefficient (Wildman–Crippen LogP) is 1.87. The monoisotopic (exact) mass is 531 g/mol. The number of pyridine rings is 1. The zero-order valence-corrected chi connectivity index (χ0v) is 21.1. The van der Waals surface area contributed by atoms with Crippen molar-refractivity contribution in [3.63, 3.8) is 0 Å². The Bertz CT molecular complexity index is 1310. The summed E-state index contributed by atoms with van der Waals surface area (Å²) in [4.78, 5) is 35.5. The van der Waals surface area contributed by atoms with Crippen LogP contribution in [-0.2, 0) is 22.1 Å². The minimum absolute atomic E-state index is 0.0639. The molecule has 2 atom stereocenters. The zero-order chi connectivity index (χ0) is 27.2. The van der Waals surface area contributed by atoms with Crippen molar-refractivity contribution in [2.75, 3.05) is 44.2 Å². The van der Waals surface area contributed by atoms with Crippen LogP contribution in [0.4, 0.5) is 19.0 Å². The first-order valence-electron chi connectivity index (χ1n) is 12.5. The van der Waals surface area contributed by atoms with Crippen LogP contribution in [0, 0.1) is 11.3 Å². The molecule has 1 amide bonds. The number of morpholine rings is 1. The number of H-pyrrole nitrogens is 1. The van der Waals surface area contributed by atoms with Crippen LogP contribution in [0.15, 0.2) is 23.1 Å². The molecular weight excluding hydrogens is 503 g/mol. The Labute approximate surface area is 217 Å². The van der Waals surface area contributed by atoms with E-state index in [-0.39, 0.29) is 30.1 Å². The summed E-state index contributed by atoms with van der Waals surface area (Å²) in [5, 5.41) is 15.0. The number of rotatable bonds is 3. The molecule has 0 spiro atoms. The number of amides is 1. The average molecular weight is 532 g/mol. The van der Waals surface area contributed by atoms with Gasteiger partial charge in [0.25, 0.3) is 11.5 Å². The minimum Gasteiger partial charge on any atom is -0.360 e. The number of halogens is 3. The summed E-state index contributed by atoms with van der Waals surface area (Å²) in [5.74, 6) is 0.569. The van der Waals surface area contributed by atoms with Gasteiger partial charge in [-0.3, -0.25) is 14.5 Å². The molecule has 0 bridgehead atoms. The molecular formula is C25H28F3N7O3. The number of piperazine rings is 1. The van der Waals surface area contributed by atoms with Crippen molar-refractivity contribution < 1.29 is 22.7 Å². The smallest absolute Gasteiger partial charge is 0.360 e. The van der Waals surface area contributed by atoms with Gasteiger partial charge < -0.3 is 14.5 Å². The van der Waals surface area contributed by atoms with E-state index < -0.39 is 35.0 Å². The number of aromatic amines is 1. The van der Waals surface area contributed by atoms with Gasteiger partial charge in [0.05, 0.1) is 22.9 Å². The SMILES string of the molecule is CC1(C)CN(C2CCc3c2n[nH]c(=O)c3C(F)(F)F)C[C@@H](C(=O)N2CCN(c3ccc(C#N)cn3)CC2)O1. The number of nitriles is 1. The molecule has 0 radical (unpaired) electrons. The molecule has 3 aliphatic rings. The molecule has 1 unspecified atom stereocenters. The molecule has 2 fully saturated rings. The second-order valence-corrected chi connectivity index (χ2v) is 10.5. The van der Waals surface area contributed by atoms with Gasteiger partial charge in [-0.05, 0) is 44.4 Å². The van der Waals surface area contributed by atoms with E-state index >= 15 is 0 Å². The third-order valence-corrected chi connectivity index (χ3v) is 7.34. The van der Waals surface area contributed by atoms with Crippen LogP contribution < -0.4 is 10.5 Å². The standard InChI is InChI=1S/C25H28F3N7O3/c1-24(2)14-35(17-5-4-16-20(25(26,27)28)22(36)32-31-21(16)17)13-18(38-24)23(37)34-9-7-33(8-10-34)19-6-3-15(11-29)12-30-19/h3,6,12,17-18H,4-5,7-10,13-14H2,1-2H3,(H,32,36)/t17?,18-/m0/s1. The Hall–Kier alpha value is -3.50. The summed E-state index contributed by atoms with van der Waals surface area (Å²) in [6.07, 6.45) is -3.58. The molecule has 4 heterocycles. The molecule has 5 rings (SSSR count). The highest BCUT2D eigenvalue weighted by molar-refractivity contribution is 5.81. The average Bonchev–Trinajstić information content (AvgIpc) is 3.30. The summed E-state index contributed by atoms with van der Waals surface area (Å²) in [5.41, 5.74) is -2.51. The molecule has 2 aliphatic heterocycles. The lowest BCUT2D eigenvalue weighted by Gasteiger charge is -2.46. The number of nitrogens with zero attached hydrogens (tertiary/aromatic N) is 6. The van der Waals surface area contributed by atoms with Gasteiger partial charge in [-0.25, -0.2) is 10.1 Å².